The summed E-state index contributed by atoms with van der Waals surface area (Å²) >= 11 is 6.61. The Hall–Kier alpha value is -2.57. The van der Waals surface area contributed by atoms with Gasteiger partial charge in [-0.3, -0.25) is 9.59 Å². The Kier molecular flexibility index (Phi) is 3.36. The fourth-order valence-corrected chi connectivity index (χ4v) is 4.67. The third-order valence-electron chi connectivity index (χ3n) is 5.04. The Balaban J connectivity index is 2.03. The molecule has 6 heteroatoms. The van der Waals surface area contributed by atoms with Gasteiger partial charge in [-0.05, 0) is 73.9 Å². The summed E-state index contributed by atoms with van der Waals surface area (Å²) in [5, 5.41) is 14.1. The molecule has 0 radical (unpaired) electrons. The fraction of sp³-hybridized carbons (Fsp3) is 0. The van der Waals surface area contributed by atoms with E-state index >= 15 is 0 Å². The van der Waals surface area contributed by atoms with Crippen molar-refractivity contribution >= 4 is 80.9 Å². The van der Waals surface area contributed by atoms with Gasteiger partial charge in [-0.2, -0.15) is 0 Å². The third kappa shape index (κ3) is 2.17. The lowest BCUT2D eigenvalue weighted by Gasteiger charge is -2.00. The molecule has 5 rings (SSSR count). The summed E-state index contributed by atoms with van der Waals surface area (Å²) in [5.41, 5.74) is -0.188. The Morgan fingerprint density at radius 2 is 1.19 bits per heavy atom. The third-order valence-corrected chi connectivity index (χ3v) is 6.19. The van der Waals surface area contributed by atoms with Gasteiger partial charge in [-0.15, -0.1) is 0 Å². The molecule has 0 bridgehead atoms. The van der Waals surface area contributed by atoms with Crippen molar-refractivity contribution in [3.63, 3.8) is 0 Å². The molecule has 27 heavy (non-hydrogen) atoms. The number of hydrogen-bond donors (Lipinski definition) is 1. The Morgan fingerprint density at radius 1 is 0.667 bits per heavy atom. The first-order valence-corrected chi connectivity index (χ1v) is 9.60. The second kappa shape index (κ2) is 5.47. The summed E-state index contributed by atoms with van der Waals surface area (Å²) in [6.45, 7) is 0. The number of carboxylic acid groups (broad SMARTS) is 1. The van der Waals surface area contributed by atoms with Crippen molar-refractivity contribution in [1.82, 2.24) is 0 Å². The van der Waals surface area contributed by atoms with Crippen LogP contribution in [0, 0.1) is 0 Å². The zero-order valence-electron chi connectivity index (χ0n) is 13.5. The number of fused-ring (bicyclic) bond motifs is 6. The van der Waals surface area contributed by atoms with Gasteiger partial charge >= 0.3 is 5.97 Å². The number of carboxylic acids is 1. The number of hydrogen-bond acceptors (Lipinski definition) is 3. The Bertz CT molecular complexity index is 1560. The molecular weight excluding hydrogens is 476 g/mol. The summed E-state index contributed by atoms with van der Waals surface area (Å²) in [6.07, 6.45) is 0. The molecule has 0 aliphatic rings. The summed E-state index contributed by atoms with van der Waals surface area (Å²) in [4.78, 5) is 37.2. The van der Waals surface area contributed by atoms with Crippen LogP contribution in [0.4, 0.5) is 0 Å². The molecule has 4 nitrogen and oxygen atoms in total. The van der Waals surface area contributed by atoms with Gasteiger partial charge in [-0.25, -0.2) is 4.79 Å². The van der Waals surface area contributed by atoms with Crippen molar-refractivity contribution in [3.8, 4) is 0 Å². The Labute approximate surface area is 168 Å². The number of aromatic carboxylic acids is 1. The van der Waals surface area contributed by atoms with Gasteiger partial charge in [0.05, 0.1) is 5.56 Å². The van der Waals surface area contributed by atoms with Crippen molar-refractivity contribution < 1.29 is 9.90 Å². The molecule has 0 amide bonds. The highest BCUT2D eigenvalue weighted by Gasteiger charge is 2.19. The quantitative estimate of drug-likeness (QED) is 0.359. The average Bonchev–Trinajstić information content (AvgIpc) is 3.05. The standard InChI is InChI=1S/C21H8Br2O4/c22-8-1-2-9-10-4-15-11(5-14(10)19(24)13(9)3-8)12-6-17(21(26)27)18(23)7-16(12)20(15)25/h1-7H,(H,26,27). The molecule has 1 N–H and O–H groups in total. The van der Waals surface area contributed by atoms with Crippen LogP contribution in [0.2, 0.25) is 0 Å². The molecule has 0 saturated heterocycles. The van der Waals surface area contributed by atoms with E-state index in [1.165, 1.54) is 6.07 Å². The van der Waals surface area contributed by atoms with E-state index < -0.39 is 5.97 Å². The molecule has 0 fully saturated rings. The van der Waals surface area contributed by atoms with Gasteiger partial charge in [0.1, 0.15) is 0 Å². The van der Waals surface area contributed by atoms with Crippen molar-refractivity contribution in [2.75, 3.05) is 0 Å². The van der Waals surface area contributed by atoms with Gasteiger partial charge in [0.15, 0.2) is 10.9 Å². The highest BCUT2D eigenvalue weighted by atomic mass is 79.9. The predicted molar refractivity (Wildman–Crippen MR) is 114 cm³/mol. The zero-order valence-corrected chi connectivity index (χ0v) is 16.6. The lowest BCUT2D eigenvalue weighted by molar-refractivity contribution is 0.0696. The SMILES string of the molecule is O=C(O)c1cc2c(cc1Br)c(=O)c1cc3c(cc12)c(=O)c1cc(Br)ccc13. The topological polar surface area (TPSA) is 71.4 Å². The first kappa shape index (κ1) is 16.6. The summed E-state index contributed by atoms with van der Waals surface area (Å²) in [7, 11) is 0. The smallest absolute Gasteiger partial charge is 0.336 e. The molecule has 0 saturated carbocycles. The first-order valence-electron chi connectivity index (χ1n) is 8.01. The van der Waals surface area contributed by atoms with Gasteiger partial charge in [0, 0.05) is 30.5 Å². The summed E-state index contributed by atoms with van der Waals surface area (Å²) in [6, 6.07) is 12.0. The molecule has 0 atom stereocenters. The van der Waals surface area contributed by atoms with E-state index in [9.17, 15) is 19.5 Å². The maximum absolute atomic E-state index is 12.9. The van der Waals surface area contributed by atoms with Gasteiger partial charge < -0.3 is 5.11 Å². The fourth-order valence-electron chi connectivity index (χ4n) is 3.80. The number of benzene rings is 3. The van der Waals surface area contributed by atoms with Gasteiger partial charge in [0.2, 0.25) is 0 Å². The van der Waals surface area contributed by atoms with Gasteiger partial charge in [0.25, 0.3) is 0 Å². The maximum Gasteiger partial charge on any atom is 0.336 e. The van der Waals surface area contributed by atoms with Crippen LogP contribution in [-0.2, 0) is 0 Å². The molecule has 5 aromatic carbocycles. The van der Waals surface area contributed by atoms with Crippen molar-refractivity contribution in [2.24, 2.45) is 0 Å². The summed E-state index contributed by atoms with van der Waals surface area (Å²) in [5.74, 6) is -1.08. The van der Waals surface area contributed by atoms with E-state index in [1.54, 1.807) is 24.3 Å². The average molecular weight is 484 g/mol. The second-order valence-corrected chi connectivity index (χ2v) is 8.24. The highest BCUT2D eigenvalue weighted by Crippen LogP contribution is 2.34. The van der Waals surface area contributed by atoms with E-state index in [0.717, 1.165) is 15.2 Å². The molecule has 5 aromatic rings. The van der Waals surface area contributed by atoms with E-state index in [-0.39, 0.29) is 16.4 Å². The van der Waals surface area contributed by atoms with Crippen LogP contribution < -0.4 is 10.9 Å². The molecule has 0 aliphatic heterocycles. The Morgan fingerprint density at radius 3 is 1.81 bits per heavy atom. The van der Waals surface area contributed by atoms with Crippen LogP contribution in [0.5, 0.6) is 0 Å². The van der Waals surface area contributed by atoms with Crippen LogP contribution in [0.15, 0.2) is 61.0 Å². The molecule has 130 valence electrons. The van der Waals surface area contributed by atoms with E-state index in [1.807, 2.05) is 12.1 Å². The number of rotatable bonds is 1. The maximum atomic E-state index is 12.9. The largest absolute Gasteiger partial charge is 0.478 e. The normalized spacial score (nSPS) is 11.9. The van der Waals surface area contributed by atoms with Crippen molar-refractivity contribution in [2.45, 2.75) is 0 Å². The minimum atomic E-state index is -1.08. The van der Waals surface area contributed by atoms with Crippen LogP contribution >= 0.6 is 31.9 Å². The molecule has 0 aliphatic carbocycles. The second-order valence-electron chi connectivity index (χ2n) is 6.47. The van der Waals surface area contributed by atoms with Crippen LogP contribution in [0.3, 0.4) is 0 Å². The van der Waals surface area contributed by atoms with E-state index in [4.69, 9.17) is 0 Å². The lowest BCUT2D eigenvalue weighted by atomic mass is 10.1. The molecule has 0 unspecified atom stereocenters. The highest BCUT2D eigenvalue weighted by molar-refractivity contribution is 9.10. The molecule has 0 aromatic heterocycles. The van der Waals surface area contributed by atoms with Gasteiger partial charge in [-0.1, -0.05) is 22.0 Å². The molecule has 0 heterocycles. The lowest BCUT2D eigenvalue weighted by Crippen LogP contribution is -1.99. The minimum absolute atomic E-state index is 0.0773. The van der Waals surface area contributed by atoms with Crippen LogP contribution in [-0.4, -0.2) is 11.1 Å². The van der Waals surface area contributed by atoms with Crippen molar-refractivity contribution in [1.29, 1.82) is 0 Å². The zero-order chi connectivity index (χ0) is 19.0. The number of halogens is 2. The molecule has 0 spiro atoms. The van der Waals surface area contributed by atoms with Crippen molar-refractivity contribution in [3.05, 3.63) is 77.4 Å². The van der Waals surface area contributed by atoms with Crippen LogP contribution in [0.25, 0.3) is 43.1 Å². The van der Waals surface area contributed by atoms with Crippen LogP contribution in [0.1, 0.15) is 10.4 Å². The molecular formula is C21H8Br2O4. The van der Waals surface area contributed by atoms with E-state index in [2.05, 4.69) is 31.9 Å². The monoisotopic (exact) mass is 482 g/mol. The predicted octanol–water partition coefficient (Wildman–Crippen LogP) is 5.12. The van der Waals surface area contributed by atoms with E-state index in [0.29, 0.717) is 36.8 Å². The first-order chi connectivity index (χ1) is 12.9. The minimum Gasteiger partial charge on any atom is -0.478 e. The summed E-state index contributed by atoms with van der Waals surface area (Å²) < 4.78 is 1.17. The number of carbonyl (C=O) groups is 1.